The van der Waals surface area contributed by atoms with Crippen LogP contribution in [0.2, 0.25) is 0 Å². The van der Waals surface area contributed by atoms with Crippen molar-refractivity contribution in [3.8, 4) is 0 Å². The molecule has 0 N–H and O–H groups in total. The summed E-state index contributed by atoms with van der Waals surface area (Å²) >= 11 is 0. The Morgan fingerprint density at radius 3 is 2.55 bits per heavy atom. The SMILES string of the molecule is CN1C(=O)CCC[C@H]2CN(S(=O)(=O)N3CCOCC3)CC[C@H]21. The molecule has 7 nitrogen and oxygen atoms in total. The number of piperidine rings is 1. The third-order valence-corrected chi connectivity index (χ3v) is 7.14. The molecule has 0 unspecified atom stereocenters. The minimum absolute atomic E-state index is 0.186. The molecule has 0 bridgehead atoms. The quantitative estimate of drug-likeness (QED) is 0.708. The van der Waals surface area contributed by atoms with Crippen LogP contribution in [0.3, 0.4) is 0 Å². The highest BCUT2D eigenvalue weighted by Gasteiger charge is 2.41. The fourth-order valence-electron chi connectivity index (χ4n) is 3.81. The van der Waals surface area contributed by atoms with E-state index in [0.717, 1.165) is 19.3 Å². The van der Waals surface area contributed by atoms with Gasteiger partial charge in [0.1, 0.15) is 0 Å². The summed E-state index contributed by atoms with van der Waals surface area (Å²) in [5, 5.41) is 0. The molecular weight excluding hydrogens is 306 g/mol. The number of likely N-dealkylation sites (tertiary alicyclic amines) is 1. The summed E-state index contributed by atoms with van der Waals surface area (Å²) in [5.41, 5.74) is 0. The molecule has 0 aromatic carbocycles. The van der Waals surface area contributed by atoms with Crippen molar-refractivity contribution in [3.05, 3.63) is 0 Å². The zero-order chi connectivity index (χ0) is 15.7. The number of amides is 1. The van der Waals surface area contributed by atoms with E-state index in [1.54, 1.807) is 4.31 Å². The monoisotopic (exact) mass is 331 g/mol. The van der Waals surface area contributed by atoms with E-state index in [-0.39, 0.29) is 17.9 Å². The van der Waals surface area contributed by atoms with Crippen molar-refractivity contribution >= 4 is 16.1 Å². The molecule has 8 heteroatoms. The number of carbonyl (C=O) groups is 1. The molecule has 0 aromatic rings. The van der Waals surface area contributed by atoms with E-state index in [1.807, 2.05) is 11.9 Å². The number of hydrogen-bond acceptors (Lipinski definition) is 4. The van der Waals surface area contributed by atoms with Crippen molar-refractivity contribution in [2.24, 2.45) is 5.92 Å². The van der Waals surface area contributed by atoms with Crippen molar-refractivity contribution in [1.29, 1.82) is 0 Å². The Kier molecular flexibility index (Phi) is 4.72. The summed E-state index contributed by atoms with van der Waals surface area (Å²) in [6.07, 6.45) is 3.10. The van der Waals surface area contributed by atoms with Gasteiger partial charge in [0.15, 0.2) is 0 Å². The predicted molar refractivity (Wildman–Crippen MR) is 81.4 cm³/mol. The van der Waals surface area contributed by atoms with Gasteiger partial charge in [-0.3, -0.25) is 4.79 Å². The largest absolute Gasteiger partial charge is 0.379 e. The van der Waals surface area contributed by atoms with E-state index in [2.05, 4.69) is 0 Å². The highest BCUT2D eigenvalue weighted by atomic mass is 32.2. The van der Waals surface area contributed by atoms with Gasteiger partial charge in [0, 0.05) is 45.7 Å². The Labute approximate surface area is 132 Å². The van der Waals surface area contributed by atoms with Crippen molar-refractivity contribution in [1.82, 2.24) is 13.5 Å². The molecule has 0 radical (unpaired) electrons. The smallest absolute Gasteiger partial charge is 0.282 e. The Hall–Kier alpha value is -0.700. The third-order valence-electron chi connectivity index (χ3n) is 5.14. The third kappa shape index (κ3) is 3.02. The van der Waals surface area contributed by atoms with Crippen LogP contribution >= 0.6 is 0 Å². The van der Waals surface area contributed by atoms with Crippen molar-refractivity contribution in [2.75, 3.05) is 46.4 Å². The van der Waals surface area contributed by atoms with Crippen LogP contribution in [-0.4, -0.2) is 80.3 Å². The van der Waals surface area contributed by atoms with Crippen LogP contribution in [0.5, 0.6) is 0 Å². The second kappa shape index (κ2) is 6.43. The highest BCUT2D eigenvalue weighted by molar-refractivity contribution is 7.86. The van der Waals surface area contributed by atoms with E-state index < -0.39 is 10.2 Å². The molecule has 0 aromatic heterocycles. The normalized spacial score (nSPS) is 32.6. The van der Waals surface area contributed by atoms with Gasteiger partial charge < -0.3 is 9.64 Å². The average molecular weight is 331 g/mol. The fraction of sp³-hybridized carbons (Fsp3) is 0.929. The van der Waals surface area contributed by atoms with Gasteiger partial charge in [0.25, 0.3) is 10.2 Å². The lowest BCUT2D eigenvalue weighted by molar-refractivity contribution is -0.132. The first kappa shape index (κ1) is 16.2. The molecule has 2 atom stereocenters. The molecule has 0 spiro atoms. The van der Waals surface area contributed by atoms with E-state index in [0.29, 0.717) is 45.8 Å². The van der Waals surface area contributed by atoms with Gasteiger partial charge in [0.05, 0.1) is 13.2 Å². The molecular formula is C14H25N3O4S. The van der Waals surface area contributed by atoms with Gasteiger partial charge in [-0.1, -0.05) is 0 Å². The van der Waals surface area contributed by atoms with Crippen molar-refractivity contribution < 1.29 is 17.9 Å². The molecule has 3 aliphatic heterocycles. The van der Waals surface area contributed by atoms with Gasteiger partial charge in [-0.05, 0) is 25.2 Å². The molecule has 126 valence electrons. The van der Waals surface area contributed by atoms with E-state index in [1.165, 1.54) is 4.31 Å². The van der Waals surface area contributed by atoms with E-state index in [9.17, 15) is 13.2 Å². The van der Waals surface area contributed by atoms with Crippen LogP contribution in [-0.2, 0) is 19.7 Å². The van der Waals surface area contributed by atoms with E-state index in [4.69, 9.17) is 4.74 Å². The lowest BCUT2D eigenvalue weighted by Gasteiger charge is -2.42. The average Bonchev–Trinajstić information content (AvgIpc) is 2.67. The van der Waals surface area contributed by atoms with Gasteiger partial charge in [-0.2, -0.15) is 17.0 Å². The number of ether oxygens (including phenoxy) is 1. The summed E-state index contributed by atoms with van der Waals surface area (Å²) in [6, 6.07) is 0.186. The second-order valence-electron chi connectivity index (χ2n) is 6.39. The fourth-order valence-corrected chi connectivity index (χ4v) is 5.46. The summed E-state index contributed by atoms with van der Waals surface area (Å²) < 4.78 is 33.9. The summed E-state index contributed by atoms with van der Waals surface area (Å²) in [4.78, 5) is 13.8. The molecule has 3 saturated heterocycles. The Morgan fingerprint density at radius 2 is 1.82 bits per heavy atom. The summed E-state index contributed by atoms with van der Waals surface area (Å²) in [7, 11) is -1.54. The van der Waals surface area contributed by atoms with Crippen LogP contribution in [0.4, 0.5) is 0 Å². The zero-order valence-electron chi connectivity index (χ0n) is 13.1. The molecule has 0 saturated carbocycles. The standard InChI is InChI=1S/C14H25N3O4S/c1-15-13-5-6-17(11-12(13)3-2-4-14(15)18)22(19,20)16-7-9-21-10-8-16/h12-13H,2-11H2,1H3/t12-,13+/m0/s1. The molecule has 0 aliphatic carbocycles. The number of morpholine rings is 1. The number of hydrogen-bond donors (Lipinski definition) is 0. The molecule has 3 aliphatic rings. The zero-order valence-corrected chi connectivity index (χ0v) is 13.9. The minimum atomic E-state index is -3.40. The maximum absolute atomic E-state index is 12.8. The lowest BCUT2D eigenvalue weighted by Crippen LogP contribution is -2.56. The van der Waals surface area contributed by atoms with E-state index >= 15 is 0 Å². The van der Waals surface area contributed by atoms with Crippen LogP contribution < -0.4 is 0 Å². The van der Waals surface area contributed by atoms with Crippen molar-refractivity contribution in [2.45, 2.75) is 31.7 Å². The van der Waals surface area contributed by atoms with Crippen molar-refractivity contribution in [3.63, 3.8) is 0 Å². The van der Waals surface area contributed by atoms with Crippen LogP contribution in [0.15, 0.2) is 0 Å². The van der Waals surface area contributed by atoms with Crippen LogP contribution in [0.25, 0.3) is 0 Å². The van der Waals surface area contributed by atoms with Gasteiger partial charge >= 0.3 is 0 Å². The Balaban J connectivity index is 1.71. The molecule has 3 fully saturated rings. The topological polar surface area (TPSA) is 70.2 Å². The molecule has 22 heavy (non-hydrogen) atoms. The molecule has 1 amide bonds. The molecule has 3 rings (SSSR count). The number of carbonyl (C=O) groups excluding carboxylic acids is 1. The van der Waals surface area contributed by atoms with Gasteiger partial charge in [-0.25, -0.2) is 0 Å². The second-order valence-corrected chi connectivity index (χ2v) is 8.32. The number of fused-ring (bicyclic) bond motifs is 1. The summed E-state index contributed by atoms with van der Waals surface area (Å²) in [5.74, 6) is 0.443. The predicted octanol–water partition coefficient (Wildman–Crippen LogP) is -0.104. The van der Waals surface area contributed by atoms with Gasteiger partial charge in [0.2, 0.25) is 5.91 Å². The first-order valence-electron chi connectivity index (χ1n) is 8.09. The first-order valence-corrected chi connectivity index (χ1v) is 9.48. The van der Waals surface area contributed by atoms with Gasteiger partial charge in [-0.15, -0.1) is 0 Å². The maximum atomic E-state index is 12.8. The Bertz CT molecular complexity index is 518. The maximum Gasteiger partial charge on any atom is 0.282 e. The summed E-state index contributed by atoms with van der Waals surface area (Å²) in [6.45, 7) is 2.84. The number of nitrogens with zero attached hydrogens (tertiary/aromatic N) is 3. The Morgan fingerprint density at radius 1 is 1.09 bits per heavy atom. The molecule has 3 heterocycles. The lowest BCUT2D eigenvalue weighted by atomic mass is 9.90. The van der Waals surface area contributed by atoms with Crippen LogP contribution in [0, 0.1) is 5.92 Å². The highest BCUT2D eigenvalue weighted by Crippen LogP contribution is 2.31. The number of rotatable bonds is 2. The minimum Gasteiger partial charge on any atom is -0.379 e. The first-order chi connectivity index (χ1) is 10.5. The van der Waals surface area contributed by atoms with Crippen LogP contribution in [0.1, 0.15) is 25.7 Å².